The van der Waals surface area contributed by atoms with Crippen molar-refractivity contribution < 1.29 is 4.74 Å². The molecule has 1 N–H and O–H groups in total. The largest absolute Gasteiger partial charge is 0.384 e. The minimum Gasteiger partial charge on any atom is -0.384 e. The van der Waals surface area contributed by atoms with Crippen molar-refractivity contribution >= 4 is 0 Å². The lowest BCUT2D eigenvalue weighted by molar-refractivity contribution is 0.181. The molecule has 2 rings (SSSR count). The minimum absolute atomic E-state index is 0.0508. The molecule has 0 amide bonds. The number of aromatic amines is 1. The Labute approximate surface area is 101 Å². The van der Waals surface area contributed by atoms with Gasteiger partial charge in [0.15, 0.2) is 0 Å². The Morgan fingerprint density at radius 2 is 2.12 bits per heavy atom. The molecule has 1 heterocycles. The number of ether oxygens (including phenoxy) is 1. The fraction of sp³-hybridized carbons (Fsp3) is 0.692. The third-order valence-corrected chi connectivity index (χ3v) is 3.34. The molecule has 17 heavy (non-hydrogen) atoms. The van der Waals surface area contributed by atoms with Crippen LogP contribution in [-0.2, 0) is 17.6 Å². The van der Waals surface area contributed by atoms with Gasteiger partial charge < -0.3 is 9.72 Å². The number of H-pyrrole nitrogens is 1. The van der Waals surface area contributed by atoms with E-state index in [1.54, 1.807) is 7.11 Å². The number of nitrogens with zero attached hydrogens (tertiary/aromatic N) is 1. The molecule has 0 radical (unpaired) electrons. The number of nitrogens with one attached hydrogen (secondary N) is 1. The van der Waals surface area contributed by atoms with E-state index in [1.165, 1.54) is 6.42 Å². The molecule has 0 fully saturated rings. The van der Waals surface area contributed by atoms with Gasteiger partial charge in [0.05, 0.1) is 12.3 Å². The van der Waals surface area contributed by atoms with E-state index in [0.29, 0.717) is 6.61 Å². The predicted molar refractivity (Wildman–Crippen MR) is 66.4 cm³/mol. The molecule has 0 saturated heterocycles. The molecule has 1 unspecified atom stereocenters. The fourth-order valence-corrected chi connectivity index (χ4v) is 2.36. The summed E-state index contributed by atoms with van der Waals surface area (Å²) < 4.78 is 5.10. The molecule has 1 atom stereocenters. The molecule has 0 saturated carbocycles. The molecular weight excluding hydrogens is 216 g/mol. The highest BCUT2D eigenvalue weighted by Gasteiger charge is 2.16. The maximum Gasteiger partial charge on any atom is 0.254 e. The van der Waals surface area contributed by atoms with Gasteiger partial charge in [-0.1, -0.05) is 13.3 Å². The highest BCUT2D eigenvalue weighted by Crippen LogP contribution is 2.18. The van der Waals surface area contributed by atoms with Gasteiger partial charge >= 0.3 is 0 Å². The Morgan fingerprint density at radius 1 is 1.35 bits per heavy atom. The third kappa shape index (κ3) is 2.75. The van der Waals surface area contributed by atoms with E-state index >= 15 is 0 Å². The molecule has 1 aliphatic rings. The molecule has 4 heteroatoms. The average molecular weight is 236 g/mol. The van der Waals surface area contributed by atoms with Crippen molar-refractivity contribution in [3.8, 4) is 0 Å². The van der Waals surface area contributed by atoms with Gasteiger partial charge in [-0.15, -0.1) is 0 Å². The Balaban J connectivity index is 2.35. The standard InChI is InChI=1S/C13H20N2O2/c1-9(8-17-2)12-14-11-7-5-3-4-6-10(11)13(16)15-12/h9H,3-8H2,1-2H3,(H,14,15,16). The SMILES string of the molecule is COCC(C)c1nc2c(c(=O)[nH]1)CCCCC2. The summed E-state index contributed by atoms with van der Waals surface area (Å²) in [6, 6.07) is 0. The number of rotatable bonds is 3. The number of methoxy groups -OCH3 is 1. The van der Waals surface area contributed by atoms with E-state index in [0.717, 1.165) is 42.8 Å². The number of hydrogen-bond acceptors (Lipinski definition) is 3. The molecule has 94 valence electrons. The van der Waals surface area contributed by atoms with Gasteiger partial charge in [0.1, 0.15) is 5.82 Å². The highest BCUT2D eigenvalue weighted by atomic mass is 16.5. The van der Waals surface area contributed by atoms with Gasteiger partial charge in [-0.2, -0.15) is 0 Å². The minimum atomic E-state index is 0.0508. The Morgan fingerprint density at radius 3 is 2.88 bits per heavy atom. The van der Waals surface area contributed by atoms with Gasteiger partial charge in [-0.05, 0) is 25.7 Å². The van der Waals surface area contributed by atoms with Crippen LogP contribution < -0.4 is 5.56 Å². The normalized spacial score (nSPS) is 17.3. The summed E-state index contributed by atoms with van der Waals surface area (Å²) in [5.41, 5.74) is 1.95. The van der Waals surface area contributed by atoms with Crippen molar-refractivity contribution in [1.82, 2.24) is 9.97 Å². The summed E-state index contributed by atoms with van der Waals surface area (Å²) in [4.78, 5) is 19.5. The van der Waals surface area contributed by atoms with Crippen LogP contribution in [0.3, 0.4) is 0 Å². The molecular formula is C13H20N2O2. The molecule has 0 bridgehead atoms. The Bertz CT molecular complexity index is 440. The van der Waals surface area contributed by atoms with Gasteiger partial charge in [-0.25, -0.2) is 4.98 Å². The van der Waals surface area contributed by atoms with Crippen molar-refractivity contribution in [2.45, 2.75) is 44.9 Å². The number of aromatic nitrogens is 2. The maximum atomic E-state index is 12.0. The molecule has 1 aliphatic carbocycles. The van der Waals surface area contributed by atoms with Crippen LogP contribution in [0.25, 0.3) is 0 Å². The van der Waals surface area contributed by atoms with Crippen LogP contribution in [0.5, 0.6) is 0 Å². The van der Waals surface area contributed by atoms with E-state index in [9.17, 15) is 4.79 Å². The zero-order valence-corrected chi connectivity index (χ0v) is 10.6. The van der Waals surface area contributed by atoms with Crippen LogP contribution in [0, 0.1) is 0 Å². The summed E-state index contributed by atoms with van der Waals surface area (Å²) in [5.74, 6) is 0.902. The second-order valence-corrected chi connectivity index (χ2v) is 4.79. The lowest BCUT2D eigenvalue weighted by Crippen LogP contribution is -2.22. The topological polar surface area (TPSA) is 55.0 Å². The molecule has 1 aromatic rings. The van der Waals surface area contributed by atoms with E-state index in [2.05, 4.69) is 9.97 Å². The molecule has 0 aromatic carbocycles. The van der Waals surface area contributed by atoms with Crippen LogP contribution in [0.1, 0.15) is 49.2 Å². The van der Waals surface area contributed by atoms with Crippen LogP contribution >= 0.6 is 0 Å². The van der Waals surface area contributed by atoms with E-state index < -0.39 is 0 Å². The van der Waals surface area contributed by atoms with Crippen molar-refractivity contribution in [1.29, 1.82) is 0 Å². The predicted octanol–water partition coefficient (Wildman–Crippen LogP) is 1.79. The van der Waals surface area contributed by atoms with Gasteiger partial charge in [-0.3, -0.25) is 4.79 Å². The number of fused-ring (bicyclic) bond motifs is 1. The monoisotopic (exact) mass is 236 g/mol. The molecule has 0 spiro atoms. The molecule has 4 nitrogen and oxygen atoms in total. The van der Waals surface area contributed by atoms with Crippen molar-refractivity contribution in [2.24, 2.45) is 0 Å². The van der Waals surface area contributed by atoms with Gasteiger partial charge in [0, 0.05) is 18.6 Å². The van der Waals surface area contributed by atoms with Crippen molar-refractivity contribution in [3.05, 3.63) is 27.4 Å². The first-order valence-corrected chi connectivity index (χ1v) is 6.33. The van der Waals surface area contributed by atoms with Crippen LogP contribution in [0.2, 0.25) is 0 Å². The summed E-state index contributed by atoms with van der Waals surface area (Å²) >= 11 is 0. The smallest absolute Gasteiger partial charge is 0.254 e. The first kappa shape index (κ1) is 12.3. The first-order chi connectivity index (χ1) is 8.22. The second kappa shape index (κ2) is 5.45. The van der Waals surface area contributed by atoms with E-state index in [4.69, 9.17) is 4.74 Å². The summed E-state index contributed by atoms with van der Waals surface area (Å²) in [5, 5.41) is 0. The Hall–Kier alpha value is -1.16. The molecule has 1 aromatic heterocycles. The average Bonchev–Trinajstić information content (AvgIpc) is 2.54. The van der Waals surface area contributed by atoms with E-state index in [-0.39, 0.29) is 11.5 Å². The highest BCUT2D eigenvalue weighted by molar-refractivity contribution is 5.20. The number of aryl methyl sites for hydroxylation is 1. The third-order valence-electron chi connectivity index (χ3n) is 3.34. The lowest BCUT2D eigenvalue weighted by Gasteiger charge is -2.12. The zero-order valence-electron chi connectivity index (χ0n) is 10.6. The Kier molecular flexibility index (Phi) is 3.94. The second-order valence-electron chi connectivity index (χ2n) is 4.79. The van der Waals surface area contributed by atoms with Crippen LogP contribution in [-0.4, -0.2) is 23.7 Å². The number of hydrogen-bond donors (Lipinski definition) is 1. The van der Waals surface area contributed by atoms with Crippen LogP contribution in [0.4, 0.5) is 0 Å². The van der Waals surface area contributed by atoms with Crippen molar-refractivity contribution in [3.63, 3.8) is 0 Å². The first-order valence-electron chi connectivity index (χ1n) is 6.33. The van der Waals surface area contributed by atoms with Crippen molar-refractivity contribution in [2.75, 3.05) is 13.7 Å². The summed E-state index contributed by atoms with van der Waals surface area (Å²) in [7, 11) is 1.66. The quantitative estimate of drug-likeness (QED) is 0.814. The van der Waals surface area contributed by atoms with Gasteiger partial charge in [0.25, 0.3) is 5.56 Å². The molecule has 0 aliphatic heterocycles. The maximum absolute atomic E-state index is 12.0. The van der Waals surface area contributed by atoms with E-state index in [1.807, 2.05) is 6.92 Å². The lowest BCUT2D eigenvalue weighted by atomic mass is 10.1. The van der Waals surface area contributed by atoms with Gasteiger partial charge in [0.2, 0.25) is 0 Å². The zero-order chi connectivity index (χ0) is 12.3. The summed E-state index contributed by atoms with van der Waals surface area (Å²) in [6.45, 7) is 2.60. The van der Waals surface area contributed by atoms with Crippen LogP contribution in [0.15, 0.2) is 4.79 Å². The summed E-state index contributed by atoms with van der Waals surface area (Å²) in [6.07, 6.45) is 5.24. The fourth-order valence-electron chi connectivity index (χ4n) is 2.36.